The van der Waals surface area contributed by atoms with Crippen LogP contribution in [0.5, 0.6) is 0 Å². The molecular formula is C18H17F4N5O3. The molecular weight excluding hydrogens is 410 g/mol. The van der Waals surface area contributed by atoms with Crippen LogP contribution in [0.25, 0.3) is 11.1 Å². The zero-order valence-corrected chi connectivity index (χ0v) is 15.9. The molecule has 1 fully saturated rings. The minimum Gasteiger partial charge on any atom is -0.465 e. The zero-order valence-electron chi connectivity index (χ0n) is 15.9. The third-order valence-electron chi connectivity index (χ3n) is 4.63. The van der Waals surface area contributed by atoms with Gasteiger partial charge in [0.05, 0.1) is 6.54 Å². The standard InChI is InChI=1S/C18H17F4N5O3/c1-9-3-10(11-6-23-16(24-7-11)18(20,21)22)4-14(25-9)26(2)15(28)13-5-12(19)8-27(13)17(29)30/h3-4,6-7,12-13H,5,8H2,1-2H3,(H,29,30)/t12-,13+/m1/s1. The number of nitrogens with zero attached hydrogens (tertiary/aromatic N) is 5. The van der Waals surface area contributed by atoms with E-state index in [4.69, 9.17) is 0 Å². The van der Waals surface area contributed by atoms with Gasteiger partial charge >= 0.3 is 12.3 Å². The average Bonchev–Trinajstić information content (AvgIpc) is 3.08. The van der Waals surface area contributed by atoms with Gasteiger partial charge in [-0.05, 0) is 24.6 Å². The van der Waals surface area contributed by atoms with Gasteiger partial charge in [-0.25, -0.2) is 24.1 Å². The molecule has 1 aliphatic rings. The van der Waals surface area contributed by atoms with Crippen LogP contribution in [0.15, 0.2) is 24.5 Å². The summed E-state index contributed by atoms with van der Waals surface area (Å²) in [6, 6.07) is 1.82. The van der Waals surface area contributed by atoms with Crippen LogP contribution in [-0.4, -0.2) is 62.8 Å². The quantitative estimate of drug-likeness (QED) is 0.757. The summed E-state index contributed by atoms with van der Waals surface area (Å²) < 4.78 is 51.7. The summed E-state index contributed by atoms with van der Waals surface area (Å²) in [5.41, 5.74) is 1.13. The van der Waals surface area contributed by atoms with Crippen molar-refractivity contribution in [3.05, 3.63) is 36.0 Å². The molecule has 0 unspecified atom stereocenters. The van der Waals surface area contributed by atoms with Crippen LogP contribution >= 0.6 is 0 Å². The molecule has 3 heterocycles. The van der Waals surface area contributed by atoms with Gasteiger partial charge in [-0.1, -0.05) is 0 Å². The summed E-state index contributed by atoms with van der Waals surface area (Å²) in [6.07, 6.45) is -5.77. The Hall–Kier alpha value is -3.31. The lowest BCUT2D eigenvalue weighted by atomic mass is 10.1. The summed E-state index contributed by atoms with van der Waals surface area (Å²) in [4.78, 5) is 36.8. The monoisotopic (exact) mass is 427 g/mol. The van der Waals surface area contributed by atoms with Crippen molar-refractivity contribution >= 4 is 17.8 Å². The second kappa shape index (κ2) is 7.84. The predicted octanol–water partition coefficient (Wildman–Crippen LogP) is 2.92. The highest BCUT2D eigenvalue weighted by Crippen LogP contribution is 2.29. The lowest BCUT2D eigenvalue weighted by Gasteiger charge is -2.25. The fraction of sp³-hybridized carbons (Fsp3) is 0.389. The second-order valence-corrected chi connectivity index (χ2v) is 6.83. The van der Waals surface area contributed by atoms with Gasteiger partial charge in [-0.2, -0.15) is 13.2 Å². The van der Waals surface area contributed by atoms with Crippen molar-refractivity contribution in [3.63, 3.8) is 0 Å². The Bertz CT molecular complexity index is 967. The van der Waals surface area contributed by atoms with Gasteiger partial charge in [-0.3, -0.25) is 14.6 Å². The van der Waals surface area contributed by atoms with Gasteiger partial charge < -0.3 is 5.11 Å². The van der Waals surface area contributed by atoms with Gasteiger partial charge in [-0.15, -0.1) is 0 Å². The first kappa shape index (κ1) is 21.4. The molecule has 0 spiro atoms. The van der Waals surface area contributed by atoms with E-state index in [0.29, 0.717) is 11.3 Å². The summed E-state index contributed by atoms with van der Waals surface area (Å²) in [5.74, 6) is -1.81. The van der Waals surface area contributed by atoms with Crippen LogP contribution in [0.1, 0.15) is 17.9 Å². The van der Waals surface area contributed by atoms with E-state index in [2.05, 4.69) is 15.0 Å². The van der Waals surface area contributed by atoms with Gasteiger partial charge in [0.1, 0.15) is 18.0 Å². The molecule has 0 aliphatic carbocycles. The lowest BCUT2D eigenvalue weighted by Crippen LogP contribution is -2.46. The number of carbonyl (C=O) groups is 2. The maximum atomic E-state index is 13.7. The maximum Gasteiger partial charge on any atom is 0.451 e. The number of carboxylic acid groups (broad SMARTS) is 1. The first-order valence-electron chi connectivity index (χ1n) is 8.77. The molecule has 0 saturated carbocycles. The average molecular weight is 427 g/mol. The second-order valence-electron chi connectivity index (χ2n) is 6.83. The first-order chi connectivity index (χ1) is 14.0. The van der Waals surface area contributed by atoms with Crippen molar-refractivity contribution in [2.24, 2.45) is 0 Å². The largest absolute Gasteiger partial charge is 0.465 e. The predicted molar refractivity (Wildman–Crippen MR) is 96.4 cm³/mol. The topological polar surface area (TPSA) is 99.5 Å². The fourth-order valence-electron chi connectivity index (χ4n) is 3.18. The number of hydrogen-bond donors (Lipinski definition) is 1. The third kappa shape index (κ3) is 4.31. The Balaban J connectivity index is 1.89. The summed E-state index contributed by atoms with van der Waals surface area (Å²) in [7, 11) is 1.36. The van der Waals surface area contributed by atoms with E-state index in [1.54, 1.807) is 13.0 Å². The first-order valence-corrected chi connectivity index (χ1v) is 8.77. The number of carbonyl (C=O) groups excluding carboxylic acids is 1. The number of pyridine rings is 1. The third-order valence-corrected chi connectivity index (χ3v) is 4.63. The molecule has 30 heavy (non-hydrogen) atoms. The molecule has 0 radical (unpaired) electrons. The molecule has 8 nitrogen and oxygen atoms in total. The normalized spacial score (nSPS) is 19.1. The van der Waals surface area contributed by atoms with Crippen molar-refractivity contribution in [1.29, 1.82) is 0 Å². The Morgan fingerprint density at radius 2 is 1.83 bits per heavy atom. The minimum absolute atomic E-state index is 0.127. The summed E-state index contributed by atoms with van der Waals surface area (Å²) in [5, 5.41) is 9.20. The minimum atomic E-state index is -4.67. The molecule has 2 aromatic rings. The van der Waals surface area contributed by atoms with Crippen molar-refractivity contribution in [2.45, 2.75) is 31.7 Å². The number of aryl methyl sites for hydroxylation is 1. The highest BCUT2D eigenvalue weighted by molar-refractivity contribution is 5.98. The van der Waals surface area contributed by atoms with Crippen LogP contribution in [-0.2, 0) is 11.0 Å². The molecule has 1 N–H and O–H groups in total. The smallest absolute Gasteiger partial charge is 0.451 e. The molecule has 2 atom stereocenters. The van der Waals surface area contributed by atoms with Crippen molar-refractivity contribution in [1.82, 2.24) is 19.9 Å². The Morgan fingerprint density at radius 3 is 2.40 bits per heavy atom. The summed E-state index contributed by atoms with van der Waals surface area (Å²) in [6.45, 7) is 1.22. The molecule has 2 aromatic heterocycles. The highest BCUT2D eigenvalue weighted by atomic mass is 19.4. The number of hydrogen-bond acceptors (Lipinski definition) is 5. The molecule has 160 valence electrons. The zero-order chi connectivity index (χ0) is 22.2. The Morgan fingerprint density at radius 1 is 1.20 bits per heavy atom. The van der Waals surface area contributed by atoms with Crippen LogP contribution in [0.4, 0.5) is 28.2 Å². The number of likely N-dealkylation sites (tertiary alicyclic amines) is 1. The van der Waals surface area contributed by atoms with Crippen molar-refractivity contribution in [3.8, 4) is 11.1 Å². The van der Waals surface area contributed by atoms with Crippen molar-refractivity contribution in [2.75, 3.05) is 18.5 Å². The molecule has 3 rings (SSSR count). The molecule has 1 saturated heterocycles. The lowest BCUT2D eigenvalue weighted by molar-refractivity contribution is -0.145. The van der Waals surface area contributed by atoms with E-state index in [0.717, 1.165) is 22.2 Å². The van der Waals surface area contributed by atoms with Gasteiger partial charge in [0.15, 0.2) is 0 Å². The SMILES string of the molecule is Cc1cc(-c2cnc(C(F)(F)F)nc2)cc(N(C)C(=O)[C@@H]2C[C@@H](F)CN2C(=O)O)n1. The van der Waals surface area contributed by atoms with Crippen LogP contribution in [0.3, 0.4) is 0 Å². The molecule has 0 aromatic carbocycles. The van der Waals surface area contributed by atoms with E-state index >= 15 is 0 Å². The molecule has 2 amide bonds. The van der Waals surface area contributed by atoms with Crippen molar-refractivity contribution < 1.29 is 32.3 Å². The van der Waals surface area contributed by atoms with E-state index in [1.807, 2.05) is 0 Å². The number of halogens is 4. The fourth-order valence-corrected chi connectivity index (χ4v) is 3.18. The number of alkyl halides is 4. The van der Waals surface area contributed by atoms with E-state index in [9.17, 15) is 32.3 Å². The van der Waals surface area contributed by atoms with Gasteiger partial charge in [0.25, 0.3) is 5.91 Å². The highest BCUT2D eigenvalue weighted by Gasteiger charge is 2.41. The van der Waals surface area contributed by atoms with Gasteiger partial charge in [0, 0.05) is 37.1 Å². The maximum absolute atomic E-state index is 13.7. The number of likely N-dealkylation sites (N-methyl/N-ethyl adjacent to an activating group) is 1. The van der Waals surface area contributed by atoms with Crippen LogP contribution in [0, 0.1) is 6.92 Å². The van der Waals surface area contributed by atoms with Crippen LogP contribution < -0.4 is 4.90 Å². The number of aromatic nitrogens is 3. The molecule has 0 bridgehead atoms. The Kier molecular flexibility index (Phi) is 5.59. The summed E-state index contributed by atoms with van der Waals surface area (Å²) >= 11 is 0. The Labute approximate surface area is 168 Å². The molecule has 1 aliphatic heterocycles. The number of amides is 2. The van der Waals surface area contributed by atoms with Gasteiger partial charge in [0.2, 0.25) is 5.82 Å². The van der Waals surface area contributed by atoms with Crippen LogP contribution in [0.2, 0.25) is 0 Å². The van der Waals surface area contributed by atoms with E-state index in [1.165, 1.54) is 13.1 Å². The van der Waals surface area contributed by atoms with E-state index in [-0.39, 0.29) is 17.8 Å². The molecule has 12 heteroatoms. The number of rotatable bonds is 3. The number of anilines is 1. The van der Waals surface area contributed by atoms with E-state index < -0.39 is 42.8 Å².